The molecule has 1 amide bonds. The third-order valence-corrected chi connectivity index (χ3v) is 7.12. The van der Waals surface area contributed by atoms with E-state index in [1.165, 1.54) is 16.7 Å². The smallest absolute Gasteiger partial charge is 0.227 e. The fourth-order valence-electron chi connectivity index (χ4n) is 4.98. The number of amides is 1. The van der Waals surface area contributed by atoms with E-state index in [0.717, 1.165) is 18.7 Å². The predicted molar refractivity (Wildman–Crippen MR) is 145 cm³/mol. The van der Waals surface area contributed by atoms with Crippen LogP contribution in [0, 0.1) is 0 Å². The number of hydrogen-bond acceptors (Lipinski definition) is 5. The van der Waals surface area contributed by atoms with Crippen LogP contribution >= 0.6 is 0 Å². The molecule has 190 valence electrons. The molecule has 0 N–H and O–H groups in total. The molecule has 0 bridgehead atoms. The summed E-state index contributed by atoms with van der Waals surface area (Å²) in [4.78, 5) is 21.9. The predicted octanol–water partition coefficient (Wildman–Crippen LogP) is 5.73. The third kappa shape index (κ3) is 5.97. The molecule has 0 saturated carbocycles. The van der Waals surface area contributed by atoms with Gasteiger partial charge in [0.1, 0.15) is 0 Å². The molecule has 1 fully saturated rings. The summed E-state index contributed by atoms with van der Waals surface area (Å²) >= 11 is 0. The van der Waals surface area contributed by atoms with Crippen LogP contribution in [-0.2, 0) is 11.2 Å². The largest absolute Gasteiger partial charge is 0.340 e. The highest BCUT2D eigenvalue weighted by Gasteiger charge is 2.28. The molecule has 5 rings (SSSR count). The van der Waals surface area contributed by atoms with Gasteiger partial charge in [0.25, 0.3) is 0 Å². The SMILES string of the molecule is CC(C)c1ccc(-c2noc(CCC(=O)N3CCN(C(c4ccccc4)c4ccccc4)CC3)n2)cc1. The third-order valence-electron chi connectivity index (χ3n) is 7.12. The lowest BCUT2D eigenvalue weighted by Crippen LogP contribution is -2.49. The summed E-state index contributed by atoms with van der Waals surface area (Å²) in [5.41, 5.74) is 4.75. The molecule has 2 heterocycles. The number of carbonyl (C=O) groups excluding carboxylic acids is 1. The van der Waals surface area contributed by atoms with Crippen LogP contribution in [0.3, 0.4) is 0 Å². The van der Waals surface area contributed by atoms with E-state index in [1.807, 2.05) is 17.0 Å². The first-order valence-electron chi connectivity index (χ1n) is 13.1. The van der Waals surface area contributed by atoms with Crippen molar-refractivity contribution in [1.29, 1.82) is 0 Å². The van der Waals surface area contributed by atoms with Gasteiger partial charge >= 0.3 is 0 Å². The van der Waals surface area contributed by atoms with Gasteiger partial charge in [0.05, 0.1) is 6.04 Å². The highest BCUT2D eigenvalue weighted by atomic mass is 16.5. The molecule has 1 aliphatic heterocycles. The van der Waals surface area contributed by atoms with Crippen molar-refractivity contribution in [2.24, 2.45) is 0 Å². The fourth-order valence-corrected chi connectivity index (χ4v) is 4.98. The van der Waals surface area contributed by atoms with Gasteiger partial charge in [-0.1, -0.05) is 104 Å². The van der Waals surface area contributed by atoms with Gasteiger partial charge in [0.15, 0.2) is 0 Å². The molecule has 0 radical (unpaired) electrons. The van der Waals surface area contributed by atoms with Crippen LogP contribution in [0.1, 0.15) is 54.8 Å². The molecule has 0 spiro atoms. The minimum atomic E-state index is 0.136. The molecule has 0 atom stereocenters. The Kier molecular flexibility index (Phi) is 7.76. The highest BCUT2D eigenvalue weighted by Crippen LogP contribution is 2.29. The van der Waals surface area contributed by atoms with E-state index in [9.17, 15) is 4.79 Å². The number of carbonyl (C=O) groups is 1. The normalized spacial score (nSPS) is 14.4. The van der Waals surface area contributed by atoms with E-state index in [-0.39, 0.29) is 11.9 Å². The van der Waals surface area contributed by atoms with Crippen molar-refractivity contribution in [1.82, 2.24) is 19.9 Å². The van der Waals surface area contributed by atoms with E-state index >= 15 is 0 Å². The monoisotopic (exact) mass is 494 g/mol. The standard InChI is InChI=1S/C31H34N4O2/c1-23(2)24-13-15-27(16-14-24)31-32-28(37-33-31)17-18-29(36)34-19-21-35(22-20-34)30(25-9-5-3-6-10-25)26-11-7-4-8-12-26/h3-16,23,30H,17-22H2,1-2H3. The lowest BCUT2D eigenvalue weighted by Gasteiger charge is -2.39. The quantitative estimate of drug-likeness (QED) is 0.313. The van der Waals surface area contributed by atoms with Crippen molar-refractivity contribution < 1.29 is 9.32 Å². The number of hydrogen-bond donors (Lipinski definition) is 0. The number of aryl methyl sites for hydroxylation is 1. The van der Waals surface area contributed by atoms with Crippen LogP contribution < -0.4 is 0 Å². The topological polar surface area (TPSA) is 62.5 Å². The Morgan fingerprint density at radius 1 is 0.811 bits per heavy atom. The fraction of sp³-hybridized carbons (Fsp3) is 0.323. The first-order valence-corrected chi connectivity index (χ1v) is 13.1. The van der Waals surface area contributed by atoms with Crippen LogP contribution in [0.15, 0.2) is 89.5 Å². The van der Waals surface area contributed by atoms with Gasteiger partial charge in [-0.25, -0.2) is 0 Å². The highest BCUT2D eigenvalue weighted by molar-refractivity contribution is 5.76. The summed E-state index contributed by atoms with van der Waals surface area (Å²) in [5.74, 6) is 1.68. The van der Waals surface area contributed by atoms with Gasteiger partial charge < -0.3 is 9.42 Å². The average Bonchev–Trinajstić information content (AvgIpc) is 3.43. The summed E-state index contributed by atoms with van der Waals surface area (Å²) in [6, 6.07) is 29.6. The summed E-state index contributed by atoms with van der Waals surface area (Å²) in [5, 5.41) is 4.12. The maximum absolute atomic E-state index is 13.0. The van der Waals surface area contributed by atoms with Crippen LogP contribution in [-0.4, -0.2) is 52.0 Å². The second-order valence-corrected chi connectivity index (χ2v) is 9.93. The number of nitrogens with zero attached hydrogens (tertiary/aromatic N) is 4. The molecular formula is C31H34N4O2. The first-order chi connectivity index (χ1) is 18.1. The van der Waals surface area contributed by atoms with Crippen molar-refractivity contribution in [3.8, 4) is 11.4 Å². The van der Waals surface area contributed by atoms with Gasteiger partial charge in [-0.15, -0.1) is 0 Å². The first kappa shape index (κ1) is 24.9. The second-order valence-electron chi connectivity index (χ2n) is 9.93. The van der Waals surface area contributed by atoms with Gasteiger partial charge in [-0.05, 0) is 22.6 Å². The lowest BCUT2D eigenvalue weighted by molar-refractivity contribution is -0.133. The van der Waals surface area contributed by atoms with Crippen molar-refractivity contribution in [2.45, 2.75) is 38.6 Å². The number of rotatable bonds is 8. The molecular weight excluding hydrogens is 460 g/mol. The molecule has 1 aromatic heterocycles. The molecule has 1 aliphatic rings. The van der Waals surface area contributed by atoms with Crippen LogP contribution in [0.5, 0.6) is 0 Å². The number of benzene rings is 3. The zero-order valence-corrected chi connectivity index (χ0v) is 21.6. The molecule has 37 heavy (non-hydrogen) atoms. The Morgan fingerprint density at radius 2 is 1.41 bits per heavy atom. The zero-order chi connectivity index (χ0) is 25.6. The van der Waals surface area contributed by atoms with Crippen molar-refractivity contribution in [2.75, 3.05) is 26.2 Å². The Bertz CT molecular complexity index is 1240. The molecule has 4 aromatic rings. The molecule has 6 heteroatoms. The second kappa shape index (κ2) is 11.5. The summed E-state index contributed by atoms with van der Waals surface area (Å²) in [6.07, 6.45) is 0.821. The minimum absolute atomic E-state index is 0.136. The Balaban J connectivity index is 1.16. The van der Waals surface area contributed by atoms with E-state index in [4.69, 9.17) is 4.52 Å². The Labute approximate surface area is 218 Å². The van der Waals surface area contributed by atoms with E-state index in [2.05, 4.69) is 102 Å². The molecule has 6 nitrogen and oxygen atoms in total. The minimum Gasteiger partial charge on any atom is -0.340 e. The number of piperazine rings is 1. The maximum Gasteiger partial charge on any atom is 0.227 e. The molecule has 3 aromatic carbocycles. The van der Waals surface area contributed by atoms with Crippen LogP contribution in [0.25, 0.3) is 11.4 Å². The van der Waals surface area contributed by atoms with E-state index < -0.39 is 0 Å². The summed E-state index contributed by atoms with van der Waals surface area (Å²) in [7, 11) is 0. The van der Waals surface area contributed by atoms with Crippen molar-refractivity contribution in [3.63, 3.8) is 0 Å². The van der Waals surface area contributed by atoms with Gasteiger partial charge in [0.2, 0.25) is 17.6 Å². The van der Waals surface area contributed by atoms with E-state index in [1.54, 1.807) is 0 Å². The van der Waals surface area contributed by atoms with Gasteiger partial charge in [0, 0.05) is 44.6 Å². The number of aromatic nitrogens is 2. The summed E-state index contributed by atoms with van der Waals surface area (Å²) in [6.45, 7) is 7.43. The Morgan fingerprint density at radius 3 is 1.97 bits per heavy atom. The zero-order valence-electron chi connectivity index (χ0n) is 21.6. The molecule has 0 aliphatic carbocycles. The lowest BCUT2D eigenvalue weighted by atomic mass is 9.96. The molecule has 0 unspecified atom stereocenters. The Hall–Kier alpha value is -3.77. The maximum atomic E-state index is 13.0. The van der Waals surface area contributed by atoms with Crippen molar-refractivity contribution in [3.05, 3.63) is 108 Å². The average molecular weight is 495 g/mol. The molecule has 1 saturated heterocycles. The van der Waals surface area contributed by atoms with Gasteiger partial charge in [-0.2, -0.15) is 4.98 Å². The van der Waals surface area contributed by atoms with Crippen LogP contribution in [0.4, 0.5) is 0 Å². The van der Waals surface area contributed by atoms with Crippen molar-refractivity contribution >= 4 is 5.91 Å². The van der Waals surface area contributed by atoms with E-state index in [0.29, 0.717) is 43.6 Å². The van der Waals surface area contributed by atoms with Crippen LogP contribution in [0.2, 0.25) is 0 Å². The van der Waals surface area contributed by atoms with Gasteiger partial charge in [-0.3, -0.25) is 9.69 Å². The summed E-state index contributed by atoms with van der Waals surface area (Å²) < 4.78 is 5.44.